The molecule has 0 aliphatic carbocycles. The Balaban J connectivity index is 2.77. The van der Waals surface area contributed by atoms with Gasteiger partial charge in [0.25, 0.3) is 0 Å². The summed E-state index contributed by atoms with van der Waals surface area (Å²) >= 11 is 0. The van der Waals surface area contributed by atoms with E-state index in [2.05, 4.69) is 11.9 Å². The number of rotatable bonds is 1. The van der Waals surface area contributed by atoms with E-state index in [1.54, 1.807) is 6.20 Å². The number of pyridine rings is 1. The van der Waals surface area contributed by atoms with Crippen LogP contribution in [0.15, 0.2) is 42.7 Å². The van der Waals surface area contributed by atoms with Crippen LogP contribution in [0, 0.1) is 6.92 Å². The van der Waals surface area contributed by atoms with Crippen molar-refractivity contribution >= 4 is 16.6 Å². The van der Waals surface area contributed by atoms with Gasteiger partial charge in [-0.15, -0.1) is 0 Å². The van der Waals surface area contributed by atoms with Crippen molar-refractivity contribution in [1.29, 1.82) is 0 Å². The number of halogens is 1. The molecule has 2 aromatic rings. The van der Waals surface area contributed by atoms with Crippen LogP contribution in [-0.4, -0.2) is 4.98 Å². The molecule has 0 bridgehead atoms. The number of hydrogen-bond donors (Lipinski definition) is 0. The van der Waals surface area contributed by atoms with Crippen LogP contribution >= 0.6 is 0 Å². The van der Waals surface area contributed by atoms with Crippen LogP contribution in [0.25, 0.3) is 16.6 Å². The number of fused-ring (bicyclic) bond motifs is 1. The summed E-state index contributed by atoms with van der Waals surface area (Å²) in [5.41, 5.74) is 0.498. The van der Waals surface area contributed by atoms with Crippen molar-refractivity contribution < 1.29 is 4.39 Å². The highest BCUT2D eigenvalue weighted by atomic mass is 19.1. The predicted octanol–water partition coefficient (Wildman–Crippen LogP) is 3.38. The van der Waals surface area contributed by atoms with Crippen LogP contribution in [0.1, 0.15) is 5.56 Å². The van der Waals surface area contributed by atoms with Crippen LogP contribution in [0.2, 0.25) is 0 Å². The van der Waals surface area contributed by atoms with Crippen molar-refractivity contribution in [2.24, 2.45) is 0 Å². The van der Waals surface area contributed by atoms with Crippen LogP contribution in [0.3, 0.4) is 0 Å². The van der Waals surface area contributed by atoms with Gasteiger partial charge in [0.2, 0.25) is 0 Å². The van der Waals surface area contributed by atoms with Crippen molar-refractivity contribution in [2.45, 2.75) is 0 Å². The van der Waals surface area contributed by atoms with E-state index >= 15 is 0 Å². The van der Waals surface area contributed by atoms with E-state index in [1.165, 1.54) is 12.3 Å². The summed E-state index contributed by atoms with van der Waals surface area (Å²) in [5, 5.41) is 1.79. The van der Waals surface area contributed by atoms with Crippen molar-refractivity contribution in [3.8, 4) is 0 Å². The van der Waals surface area contributed by atoms with Crippen LogP contribution in [-0.2, 0) is 0 Å². The Labute approximate surface area is 81.9 Å². The van der Waals surface area contributed by atoms with Crippen LogP contribution in [0.5, 0.6) is 0 Å². The first kappa shape index (κ1) is 8.88. The Kier molecular flexibility index (Phi) is 2.27. The highest BCUT2D eigenvalue weighted by molar-refractivity contribution is 5.91. The normalized spacial score (nSPS) is 12.0. The highest BCUT2D eigenvalue weighted by Crippen LogP contribution is 2.24. The highest BCUT2D eigenvalue weighted by Gasteiger charge is 2.04. The molecule has 0 aliphatic rings. The molecular weight excluding hydrogens is 177 g/mol. The minimum atomic E-state index is -0.339. The maximum absolute atomic E-state index is 13.4. The van der Waals surface area contributed by atoms with Gasteiger partial charge in [-0.2, -0.15) is 0 Å². The van der Waals surface area contributed by atoms with E-state index in [0.717, 1.165) is 10.8 Å². The molecular formula is C12H9FN. The van der Waals surface area contributed by atoms with Gasteiger partial charge in [0, 0.05) is 23.3 Å². The minimum absolute atomic E-state index is 0.339. The first-order valence-corrected chi connectivity index (χ1v) is 4.31. The van der Waals surface area contributed by atoms with E-state index in [1.807, 2.05) is 24.3 Å². The second-order valence-corrected chi connectivity index (χ2v) is 2.96. The number of hydrogen-bond acceptors (Lipinski definition) is 1. The summed E-state index contributed by atoms with van der Waals surface area (Å²) in [5.74, 6) is -0.339. The van der Waals surface area contributed by atoms with Gasteiger partial charge < -0.3 is 0 Å². The quantitative estimate of drug-likeness (QED) is 0.665. The van der Waals surface area contributed by atoms with Crippen LogP contribution < -0.4 is 0 Å². The van der Waals surface area contributed by atoms with Gasteiger partial charge in [-0.1, -0.05) is 24.3 Å². The van der Waals surface area contributed by atoms with E-state index in [0.29, 0.717) is 5.56 Å². The van der Waals surface area contributed by atoms with E-state index in [9.17, 15) is 4.39 Å². The fourth-order valence-corrected chi connectivity index (χ4v) is 1.42. The minimum Gasteiger partial charge on any atom is -0.263 e. The maximum atomic E-state index is 13.4. The average Bonchev–Trinajstić information content (AvgIpc) is 2.27. The molecule has 0 saturated carbocycles. The second-order valence-electron chi connectivity index (χ2n) is 2.96. The molecule has 1 aromatic heterocycles. The lowest BCUT2D eigenvalue weighted by atomic mass is 10.1. The Morgan fingerprint density at radius 1 is 1.29 bits per heavy atom. The standard InChI is InChI=1S/C12H9FN/c1-2-12(13)11-8-14-7-9-5-3-4-6-10(9)11/h2-8H,1H2/b12-2-. The smallest absolute Gasteiger partial charge is 0.128 e. The fourth-order valence-electron chi connectivity index (χ4n) is 1.42. The molecule has 0 amide bonds. The van der Waals surface area contributed by atoms with Crippen molar-refractivity contribution in [1.82, 2.24) is 4.98 Å². The van der Waals surface area contributed by atoms with Crippen molar-refractivity contribution in [3.63, 3.8) is 0 Å². The molecule has 2 rings (SSSR count). The number of allylic oxidation sites excluding steroid dienone is 1. The zero-order valence-corrected chi connectivity index (χ0v) is 7.57. The Bertz CT molecular complexity index is 483. The number of aromatic nitrogens is 1. The number of nitrogens with zero attached hydrogens (tertiary/aromatic N) is 1. The third kappa shape index (κ3) is 1.39. The van der Waals surface area contributed by atoms with Gasteiger partial charge in [-0.05, 0) is 18.4 Å². The summed E-state index contributed by atoms with van der Waals surface area (Å²) in [6.45, 7) is 3.40. The van der Waals surface area contributed by atoms with Gasteiger partial charge in [0.05, 0.1) is 0 Å². The van der Waals surface area contributed by atoms with Gasteiger partial charge in [-0.3, -0.25) is 4.98 Å². The Hall–Kier alpha value is -1.70. The molecule has 0 N–H and O–H groups in total. The summed E-state index contributed by atoms with van der Waals surface area (Å²) in [7, 11) is 0. The molecule has 1 aromatic carbocycles. The molecule has 0 fully saturated rings. The molecule has 1 heterocycles. The molecule has 1 radical (unpaired) electrons. The van der Waals surface area contributed by atoms with Crippen LogP contribution in [0.4, 0.5) is 4.39 Å². The molecule has 0 unspecified atom stereocenters. The largest absolute Gasteiger partial charge is 0.263 e. The maximum Gasteiger partial charge on any atom is 0.128 e. The van der Waals surface area contributed by atoms with E-state index in [-0.39, 0.29) is 5.83 Å². The molecule has 2 heteroatoms. The monoisotopic (exact) mass is 186 g/mol. The number of benzene rings is 1. The first-order valence-electron chi connectivity index (χ1n) is 4.31. The third-order valence-electron chi connectivity index (χ3n) is 2.10. The molecule has 69 valence electrons. The Morgan fingerprint density at radius 2 is 2.07 bits per heavy atom. The molecule has 1 nitrogen and oxygen atoms in total. The summed E-state index contributed by atoms with van der Waals surface area (Å²) in [6, 6.07) is 7.55. The predicted molar refractivity (Wildman–Crippen MR) is 56.2 cm³/mol. The van der Waals surface area contributed by atoms with Gasteiger partial charge in [-0.25, -0.2) is 4.39 Å². The molecule has 0 saturated heterocycles. The second kappa shape index (κ2) is 3.58. The third-order valence-corrected chi connectivity index (χ3v) is 2.10. The summed E-state index contributed by atoms with van der Waals surface area (Å²) in [4.78, 5) is 3.97. The van der Waals surface area contributed by atoms with Crippen molar-refractivity contribution in [3.05, 3.63) is 55.2 Å². The van der Waals surface area contributed by atoms with E-state index in [4.69, 9.17) is 0 Å². The van der Waals surface area contributed by atoms with Gasteiger partial charge in [0.1, 0.15) is 5.83 Å². The lowest BCUT2D eigenvalue weighted by Crippen LogP contribution is -1.84. The molecule has 0 spiro atoms. The van der Waals surface area contributed by atoms with Gasteiger partial charge >= 0.3 is 0 Å². The summed E-state index contributed by atoms with van der Waals surface area (Å²) < 4.78 is 13.4. The lowest BCUT2D eigenvalue weighted by molar-refractivity contribution is 0.761. The lowest BCUT2D eigenvalue weighted by Gasteiger charge is -2.02. The first-order chi connectivity index (χ1) is 6.83. The Morgan fingerprint density at radius 3 is 2.86 bits per heavy atom. The molecule has 0 atom stereocenters. The fraction of sp³-hybridized carbons (Fsp3) is 0. The average molecular weight is 186 g/mol. The van der Waals surface area contributed by atoms with Gasteiger partial charge in [0.15, 0.2) is 0 Å². The van der Waals surface area contributed by atoms with E-state index < -0.39 is 0 Å². The summed E-state index contributed by atoms with van der Waals surface area (Å²) in [6.07, 6.45) is 4.43. The zero-order valence-electron chi connectivity index (χ0n) is 7.57. The van der Waals surface area contributed by atoms with Crippen molar-refractivity contribution in [2.75, 3.05) is 0 Å². The molecule has 0 aliphatic heterocycles. The SMILES string of the molecule is [CH2]/C=C(\F)c1cncc2ccccc12. The topological polar surface area (TPSA) is 12.9 Å². The zero-order chi connectivity index (χ0) is 9.97. The molecule has 14 heavy (non-hydrogen) atoms.